The minimum atomic E-state index is -0.389. The van der Waals surface area contributed by atoms with Gasteiger partial charge in [-0.3, -0.25) is 14.3 Å². The van der Waals surface area contributed by atoms with Crippen LogP contribution < -0.4 is 25.8 Å². The van der Waals surface area contributed by atoms with Gasteiger partial charge in [-0.2, -0.15) is 0 Å². The molecule has 1 fully saturated rings. The van der Waals surface area contributed by atoms with Crippen LogP contribution in [0.5, 0.6) is 5.75 Å². The monoisotopic (exact) mass is 316 g/mol. The van der Waals surface area contributed by atoms with E-state index in [-0.39, 0.29) is 11.2 Å². The molecule has 7 heteroatoms. The van der Waals surface area contributed by atoms with Crippen molar-refractivity contribution in [1.82, 2.24) is 9.55 Å². The Morgan fingerprint density at radius 3 is 2.35 bits per heavy atom. The number of nitrogens with zero attached hydrogens (tertiary/aromatic N) is 3. The van der Waals surface area contributed by atoms with Gasteiger partial charge in [-0.05, 0) is 12.1 Å². The largest absolute Gasteiger partial charge is 0.495 e. The number of hydrogen-bond acceptors (Lipinski definition) is 5. The summed E-state index contributed by atoms with van der Waals surface area (Å²) in [7, 11) is 3.13. The Morgan fingerprint density at radius 1 is 1.04 bits per heavy atom. The van der Waals surface area contributed by atoms with Crippen molar-refractivity contribution in [3.63, 3.8) is 0 Å². The van der Waals surface area contributed by atoms with Crippen molar-refractivity contribution in [2.45, 2.75) is 0 Å². The van der Waals surface area contributed by atoms with Crippen molar-refractivity contribution in [3.05, 3.63) is 51.2 Å². The predicted octanol–water partition coefficient (Wildman–Crippen LogP) is 0.409. The van der Waals surface area contributed by atoms with Gasteiger partial charge in [-0.25, -0.2) is 4.79 Å². The summed E-state index contributed by atoms with van der Waals surface area (Å²) in [6, 6.07) is 9.39. The zero-order valence-corrected chi connectivity index (χ0v) is 13.3. The number of aromatic amines is 1. The van der Waals surface area contributed by atoms with Crippen molar-refractivity contribution in [2.75, 3.05) is 43.1 Å². The lowest BCUT2D eigenvalue weighted by atomic mass is 10.2. The van der Waals surface area contributed by atoms with Crippen LogP contribution >= 0.6 is 0 Å². The number of benzene rings is 1. The van der Waals surface area contributed by atoms with E-state index in [1.807, 2.05) is 29.2 Å². The summed E-state index contributed by atoms with van der Waals surface area (Å²) in [6.45, 7) is 3.03. The molecule has 1 saturated heterocycles. The SMILES string of the molecule is COc1ccccc1N1CCN(c2cc(=O)n(C)c(=O)[nH]2)CC1. The van der Waals surface area contributed by atoms with E-state index < -0.39 is 0 Å². The second kappa shape index (κ2) is 6.20. The van der Waals surface area contributed by atoms with Crippen LogP contribution in [0.3, 0.4) is 0 Å². The van der Waals surface area contributed by atoms with Crippen LogP contribution in [0.1, 0.15) is 0 Å². The molecule has 1 aliphatic rings. The van der Waals surface area contributed by atoms with Gasteiger partial charge in [0.2, 0.25) is 0 Å². The Hall–Kier alpha value is -2.70. The zero-order chi connectivity index (χ0) is 16.4. The van der Waals surface area contributed by atoms with Crippen molar-refractivity contribution >= 4 is 11.5 Å². The van der Waals surface area contributed by atoms with Gasteiger partial charge in [0.15, 0.2) is 0 Å². The van der Waals surface area contributed by atoms with E-state index >= 15 is 0 Å². The van der Waals surface area contributed by atoms with Crippen LogP contribution in [0.15, 0.2) is 39.9 Å². The number of anilines is 2. The fraction of sp³-hybridized carbons (Fsp3) is 0.375. The van der Waals surface area contributed by atoms with Crippen LogP contribution in [-0.2, 0) is 7.05 Å². The van der Waals surface area contributed by atoms with Crippen molar-refractivity contribution in [2.24, 2.45) is 7.05 Å². The fourth-order valence-electron chi connectivity index (χ4n) is 2.79. The molecule has 1 aromatic heterocycles. The third-order valence-electron chi connectivity index (χ3n) is 4.18. The number of methoxy groups -OCH3 is 1. The maximum atomic E-state index is 11.8. The molecule has 0 radical (unpaired) electrons. The summed E-state index contributed by atoms with van der Waals surface area (Å²) < 4.78 is 6.47. The van der Waals surface area contributed by atoms with Crippen molar-refractivity contribution in [3.8, 4) is 5.75 Å². The van der Waals surface area contributed by atoms with E-state index in [0.29, 0.717) is 5.82 Å². The number of piperazine rings is 1. The number of hydrogen-bond donors (Lipinski definition) is 1. The maximum absolute atomic E-state index is 11.8. The molecule has 0 amide bonds. The number of H-pyrrole nitrogens is 1. The second-order valence-corrected chi connectivity index (χ2v) is 5.50. The molecule has 1 aromatic carbocycles. The van der Waals surface area contributed by atoms with Crippen molar-refractivity contribution < 1.29 is 4.74 Å². The van der Waals surface area contributed by atoms with Gasteiger partial charge in [0.25, 0.3) is 5.56 Å². The second-order valence-electron chi connectivity index (χ2n) is 5.50. The van der Waals surface area contributed by atoms with E-state index in [9.17, 15) is 9.59 Å². The highest BCUT2D eigenvalue weighted by Crippen LogP contribution is 2.28. The van der Waals surface area contributed by atoms with Crippen LogP contribution in [0.25, 0.3) is 0 Å². The third-order valence-corrected chi connectivity index (χ3v) is 4.18. The minimum absolute atomic E-state index is 0.295. The van der Waals surface area contributed by atoms with Crippen molar-refractivity contribution in [1.29, 1.82) is 0 Å². The molecule has 0 bridgehead atoms. The number of nitrogens with one attached hydrogen (secondary N) is 1. The molecule has 1 N–H and O–H groups in total. The van der Waals surface area contributed by atoms with Crippen LogP contribution in [0, 0.1) is 0 Å². The lowest BCUT2D eigenvalue weighted by molar-refractivity contribution is 0.413. The number of para-hydroxylation sites is 2. The first kappa shape index (κ1) is 15.2. The molecule has 0 atom stereocenters. The zero-order valence-electron chi connectivity index (χ0n) is 13.3. The molecule has 0 spiro atoms. The molecule has 0 aliphatic carbocycles. The molecule has 1 aliphatic heterocycles. The first-order valence-electron chi connectivity index (χ1n) is 7.53. The van der Waals surface area contributed by atoms with Gasteiger partial charge in [0, 0.05) is 39.3 Å². The normalized spacial score (nSPS) is 14.9. The Balaban J connectivity index is 1.76. The quantitative estimate of drug-likeness (QED) is 0.888. The number of aromatic nitrogens is 2. The Kier molecular flexibility index (Phi) is 4.10. The van der Waals surface area contributed by atoms with E-state index in [1.165, 1.54) is 13.1 Å². The van der Waals surface area contributed by atoms with Gasteiger partial charge in [0.1, 0.15) is 11.6 Å². The van der Waals surface area contributed by atoms with Gasteiger partial charge >= 0.3 is 5.69 Å². The summed E-state index contributed by atoms with van der Waals surface area (Å²) in [4.78, 5) is 30.5. The molecule has 2 heterocycles. The third kappa shape index (κ3) is 2.94. The average molecular weight is 316 g/mol. The molecule has 23 heavy (non-hydrogen) atoms. The lowest BCUT2D eigenvalue weighted by Crippen LogP contribution is -2.48. The van der Waals surface area contributed by atoms with Gasteiger partial charge in [0.05, 0.1) is 12.8 Å². The van der Waals surface area contributed by atoms with Gasteiger partial charge < -0.3 is 14.5 Å². The average Bonchev–Trinajstić information content (AvgIpc) is 2.59. The molecule has 2 aromatic rings. The molecular weight excluding hydrogens is 296 g/mol. The van der Waals surface area contributed by atoms with Gasteiger partial charge in [-0.15, -0.1) is 0 Å². The smallest absolute Gasteiger partial charge is 0.329 e. The summed E-state index contributed by atoms with van der Waals surface area (Å²) in [5.41, 5.74) is 0.377. The predicted molar refractivity (Wildman–Crippen MR) is 89.7 cm³/mol. The molecular formula is C16H20N4O3. The van der Waals surface area contributed by atoms with E-state index in [2.05, 4.69) is 9.88 Å². The molecule has 0 unspecified atom stereocenters. The molecule has 122 valence electrons. The fourth-order valence-corrected chi connectivity index (χ4v) is 2.79. The van der Waals surface area contributed by atoms with E-state index in [1.54, 1.807) is 7.11 Å². The summed E-state index contributed by atoms with van der Waals surface area (Å²) in [6.07, 6.45) is 0. The molecule has 0 saturated carbocycles. The topological polar surface area (TPSA) is 70.6 Å². The van der Waals surface area contributed by atoms with E-state index in [4.69, 9.17) is 4.74 Å². The lowest BCUT2D eigenvalue weighted by Gasteiger charge is -2.37. The number of ether oxygens (including phenoxy) is 1. The van der Waals surface area contributed by atoms with E-state index in [0.717, 1.165) is 42.2 Å². The highest BCUT2D eigenvalue weighted by Gasteiger charge is 2.20. The Bertz CT molecular complexity index is 772. The molecule has 3 rings (SSSR count). The van der Waals surface area contributed by atoms with Crippen LogP contribution in [0.4, 0.5) is 11.5 Å². The van der Waals surface area contributed by atoms with Gasteiger partial charge in [-0.1, -0.05) is 12.1 Å². The highest BCUT2D eigenvalue weighted by molar-refractivity contribution is 5.59. The summed E-state index contributed by atoms with van der Waals surface area (Å²) >= 11 is 0. The standard InChI is InChI=1S/C16H20N4O3/c1-18-15(21)11-14(17-16(18)22)20-9-7-19(8-10-20)12-5-3-4-6-13(12)23-2/h3-6,11H,7-10H2,1-2H3,(H,17,22). The Labute approximate surface area is 133 Å². The summed E-state index contributed by atoms with van der Waals surface area (Å²) in [5.74, 6) is 1.43. The Morgan fingerprint density at radius 2 is 1.70 bits per heavy atom. The highest BCUT2D eigenvalue weighted by atomic mass is 16.5. The maximum Gasteiger partial charge on any atom is 0.329 e. The summed E-state index contributed by atoms with van der Waals surface area (Å²) in [5, 5.41) is 0. The molecule has 7 nitrogen and oxygen atoms in total. The number of rotatable bonds is 3. The first-order chi connectivity index (χ1) is 11.1. The van der Waals surface area contributed by atoms with Crippen LogP contribution in [-0.4, -0.2) is 42.8 Å². The minimum Gasteiger partial charge on any atom is -0.495 e. The first-order valence-corrected chi connectivity index (χ1v) is 7.53. The van der Waals surface area contributed by atoms with Crippen LogP contribution in [0.2, 0.25) is 0 Å².